The van der Waals surface area contributed by atoms with E-state index in [1.54, 1.807) is 0 Å². The highest BCUT2D eigenvalue weighted by Gasteiger charge is 2.16. The van der Waals surface area contributed by atoms with Gasteiger partial charge in [0.05, 0.1) is 0 Å². The highest BCUT2D eigenvalue weighted by atomic mass is 127. The molecule has 2 nitrogen and oxygen atoms in total. The number of rotatable bonds is 2. The maximum absolute atomic E-state index is 5.74. The van der Waals surface area contributed by atoms with Crippen LogP contribution in [0.25, 0.3) is 0 Å². The van der Waals surface area contributed by atoms with Crippen LogP contribution in [0.15, 0.2) is 18.2 Å². The molecule has 1 aliphatic carbocycles. The number of nitrogens with zero attached hydrogens (tertiary/aromatic N) is 1. The fourth-order valence-electron chi connectivity index (χ4n) is 1.63. The van der Waals surface area contributed by atoms with E-state index >= 15 is 0 Å². The van der Waals surface area contributed by atoms with Crippen LogP contribution in [-0.2, 0) is 0 Å². The van der Waals surface area contributed by atoms with E-state index in [9.17, 15) is 0 Å². The Morgan fingerprint density at radius 3 is 2.77 bits per heavy atom. The molecule has 0 radical (unpaired) electrons. The molecule has 1 heterocycles. The van der Waals surface area contributed by atoms with Gasteiger partial charge in [0.25, 0.3) is 0 Å². The van der Waals surface area contributed by atoms with E-state index in [-0.39, 0.29) is 0 Å². The van der Waals surface area contributed by atoms with E-state index in [0.717, 1.165) is 9.58 Å². The first-order valence-electron chi connectivity index (χ1n) is 4.64. The fraction of sp³-hybridized carbons (Fsp3) is 0.500. The van der Waals surface area contributed by atoms with Crippen molar-refractivity contribution in [1.29, 1.82) is 0 Å². The third-order valence-corrected chi connectivity index (χ3v) is 2.88. The van der Waals surface area contributed by atoms with Gasteiger partial charge in [-0.25, -0.2) is 4.98 Å². The van der Waals surface area contributed by atoms with Crippen LogP contribution in [0.1, 0.15) is 25.7 Å². The predicted molar refractivity (Wildman–Crippen MR) is 59.8 cm³/mol. The topological polar surface area (TPSA) is 22.1 Å². The number of ether oxygens (including phenoxy) is 1. The Labute approximate surface area is 91.8 Å². The van der Waals surface area contributed by atoms with Gasteiger partial charge in [-0.15, -0.1) is 0 Å². The number of halogens is 1. The summed E-state index contributed by atoms with van der Waals surface area (Å²) in [6.07, 6.45) is 5.38. The maximum Gasteiger partial charge on any atom is 0.214 e. The molecule has 0 aliphatic heterocycles. The standard InChI is InChI=1S/C10H12INO/c11-9-6-3-7-10(12-9)13-8-4-1-2-5-8/h3,6-8H,1-2,4-5H2. The Morgan fingerprint density at radius 1 is 1.31 bits per heavy atom. The minimum atomic E-state index is 0.408. The average Bonchev–Trinajstić information content (AvgIpc) is 2.57. The SMILES string of the molecule is Ic1cccc(OC2CCCC2)n1. The third kappa shape index (κ3) is 2.56. The average molecular weight is 289 g/mol. The quantitative estimate of drug-likeness (QED) is 0.617. The van der Waals surface area contributed by atoms with Gasteiger partial charge in [0.1, 0.15) is 9.80 Å². The second-order valence-electron chi connectivity index (χ2n) is 3.32. The van der Waals surface area contributed by atoms with E-state index < -0.39 is 0 Å². The van der Waals surface area contributed by atoms with Crippen molar-refractivity contribution in [2.75, 3.05) is 0 Å². The van der Waals surface area contributed by atoms with Crippen molar-refractivity contribution in [2.45, 2.75) is 31.8 Å². The molecule has 1 saturated carbocycles. The minimum absolute atomic E-state index is 0.408. The van der Waals surface area contributed by atoms with Gasteiger partial charge in [0.15, 0.2) is 0 Å². The van der Waals surface area contributed by atoms with Crippen LogP contribution in [0.4, 0.5) is 0 Å². The summed E-state index contributed by atoms with van der Waals surface area (Å²) in [6, 6.07) is 5.89. The molecule has 0 atom stereocenters. The van der Waals surface area contributed by atoms with Crippen molar-refractivity contribution >= 4 is 22.6 Å². The fourth-order valence-corrected chi connectivity index (χ4v) is 2.08. The van der Waals surface area contributed by atoms with Crippen molar-refractivity contribution in [3.63, 3.8) is 0 Å². The first kappa shape index (κ1) is 9.24. The minimum Gasteiger partial charge on any atom is -0.474 e. The van der Waals surface area contributed by atoms with E-state index in [1.165, 1.54) is 25.7 Å². The molecule has 0 spiro atoms. The zero-order valence-corrected chi connectivity index (χ0v) is 9.53. The van der Waals surface area contributed by atoms with Gasteiger partial charge >= 0.3 is 0 Å². The van der Waals surface area contributed by atoms with Crippen LogP contribution >= 0.6 is 22.6 Å². The maximum atomic E-state index is 5.74. The summed E-state index contributed by atoms with van der Waals surface area (Å²) in [5.41, 5.74) is 0. The molecule has 70 valence electrons. The molecule has 0 aromatic carbocycles. The highest BCUT2D eigenvalue weighted by molar-refractivity contribution is 14.1. The van der Waals surface area contributed by atoms with Gasteiger partial charge in [-0.2, -0.15) is 0 Å². The number of pyridine rings is 1. The molecule has 3 heteroatoms. The second kappa shape index (κ2) is 4.26. The zero-order chi connectivity index (χ0) is 9.10. The molecule has 1 aromatic rings. The Balaban J connectivity index is 2.00. The van der Waals surface area contributed by atoms with Gasteiger partial charge in [0.2, 0.25) is 5.88 Å². The van der Waals surface area contributed by atoms with Gasteiger partial charge in [-0.1, -0.05) is 6.07 Å². The Bertz CT molecular complexity index is 284. The Morgan fingerprint density at radius 2 is 2.08 bits per heavy atom. The van der Waals surface area contributed by atoms with Gasteiger partial charge < -0.3 is 4.74 Å². The van der Waals surface area contributed by atoms with Gasteiger partial charge in [0, 0.05) is 6.07 Å². The molecule has 1 fully saturated rings. The molecule has 0 unspecified atom stereocenters. The molecule has 0 bridgehead atoms. The lowest BCUT2D eigenvalue weighted by atomic mass is 10.3. The van der Waals surface area contributed by atoms with Crippen LogP contribution in [0.3, 0.4) is 0 Å². The predicted octanol–water partition coefficient (Wildman–Crippen LogP) is 3.01. The summed E-state index contributed by atoms with van der Waals surface area (Å²) in [5.74, 6) is 0.777. The van der Waals surface area contributed by atoms with Gasteiger partial charge in [-0.3, -0.25) is 0 Å². The summed E-state index contributed by atoms with van der Waals surface area (Å²) < 4.78 is 6.73. The smallest absolute Gasteiger partial charge is 0.214 e. The molecule has 1 aromatic heterocycles. The Hall–Kier alpha value is -0.320. The van der Waals surface area contributed by atoms with Crippen molar-refractivity contribution in [1.82, 2.24) is 4.98 Å². The Kier molecular flexibility index (Phi) is 3.03. The lowest BCUT2D eigenvalue weighted by Crippen LogP contribution is -2.11. The van der Waals surface area contributed by atoms with Crippen LogP contribution < -0.4 is 4.74 Å². The summed E-state index contributed by atoms with van der Waals surface area (Å²) in [7, 11) is 0. The molecule has 0 amide bonds. The molecule has 0 saturated heterocycles. The van der Waals surface area contributed by atoms with Crippen molar-refractivity contribution in [3.8, 4) is 5.88 Å². The van der Waals surface area contributed by atoms with E-state index in [0.29, 0.717) is 6.10 Å². The number of hydrogen-bond acceptors (Lipinski definition) is 2. The van der Waals surface area contributed by atoms with E-state index in [1.807, 2.05) is 18.2 Å². The highest BCUT2D eigenvalue weighted by Crippen LogP contribution is 2.22. The zero-order valence-electron chi connectivity index (χ0n) is 7.37. The summed E-state index contributed by atoms with van der Waals surface area (Å²) in [4.78, 5) is 4.30. The lowest BCUT2D eigenvalue weighted by Gasteiger charge is -2.11. The van der Waals surface area contributed by atoms with E-state index in [4.69, 9.17) is 4.74 Å². The van der Waals surface area contributed by atoms with Crippen molar-refractivity contribution in [3.05, 3.63) is 21.9 Å². The van der Waals surface area contributed by atoms with Crippen LogP contribution in [0, 0.1) is 3.70 Å². The van der Waals surface area contributed by atoms with E-state index in [2.05, 4.69) is 27.6 Å². The van der Waals surface area contributed by atoms with Crippen molar-refractivity contribution < 1.29 is 4.74 Å². The summed E-state index contributed by atoms with van der Waals surface area (Å²) >= 11 is 2.20. The normalized spacial score (nSPS) is 17.6. The molecule has 0 N–H and O–H groups in total. The monoisotopic (exact) mass is 289 g/mol. The number of hydrogen-bond donors (Lipinski definition) is 0. The molecule has 13 heavy (non-hydrogen) atoms. The summed E-state index contributed by atoms with van der Waals surface area (Å²) in [6.45, 7) is 0. The molecule has 1 aliphatic rings. The van der Waals surface area contributed by atoms with Crippen molar-refractivity contribution in [2.24, 2.45) is 0 Å². The number of aromatic nitrogens is 1. The van der Waals surface area contributed by atoms with Crippen LogP contribution in [-0.4, -0.2) is 11.1 Å². The summed E-state index contributed by atoms with van der Waals surface area (Å²) in [5, 5.41) is 0. The molecular formula is C10H12INO. The first-order valence-corrected chi connectivity index (χ1v) is 5.72. The third-order valence-electron chi connectivity index (χ3n) is 2.28. The van der Waals surface area contributed by atoms with Crippen LogP contribution in [0.5, 0.6) is 5.88 Å². The largest absolute Gasteiger partial charge is 0.474 e. The lowest BCUT2D eigenvalue weighted by molar-refractivity contribution is 0.201. The van der Waals surface area contributed by atoms with Crippen LogP contribution in [0.2, 0.25) is 0 Å². The molecule has 2 rings (SSSR count). The molecular weight excluding hydrogens is 277 g/mol. The second-order valence-corrected chi connectivity index (χ2v) is 4.43. The van der Waals surface area contributed by atoms with Gasteiger partial charge in [-0.05, 0) is 54.3 Å². The first-order chi connectivity index (χ1) is 6.34.